The molecule has 5 nitrogen and oxygen atoms in total. The summed E-state index contributed by atoms with van der Waals surface area (Å²) < 4.78 is 16.4. The van der Waals surface area contributed by atoms with E-state index in [4.69, 9.17) is 15.7 Å². The lowest BCUT2D eigenvalue weighted by atomic mass is 10.1. The van der Waals surface area contributed by atoms with E-state index in [2.05, 4.69) is 24.0 Å². The summed E-state index contributed by atoms with van der Waals surface area (Å²) in [6, 6.07) is 22.2. The van der Waals surface area contributed by atoms with Crippen LogP contribution < -0.4 is 5.73 Å². The summed E-state index contributed by atoms with van der Waals surface area (Å²) in [6.07, 6.45) is 2.60. The summed E-state index contributed by atoms with van der Waals surface area (Å²) in [5.74, 6) is 0.714. The molecule has 0 atom stereocenters. The molecule has 31 heavy (non-hydrogen) atoms. The van der Waals surface area contributed by atoms with E-state index in [1.807, 2.05) is 34.9 Å². The van der Waals surface area contributed by atoms with Crippen molar-refractivity contribution in [3.05, 3.63) is 90.4 Å². The number of anilines is 1. The van der Waals surface area contributed by atoms with Gasteiger partial charge in [-0.3, -0.25) is 4.57 Å². The van der Waals surface area contributed by atoms with Crippen LogP contribution in [0.3, 0.4) is 0 Å². The zero-order chi connectivity index (χ0) is 21.4. The number of fused-ring (bicyclic) bond motifs is 1. The van der Waals surface area contributed by atoms with Gasteiger partial charge in [-0.1, -0.05) is 31.2 Å². The molecule has 0 aliphatic carbocycles. The zero-order valence-corrected chi connectivity index (χ0v) is 17.0. The van der Waals surface area contributed by atoms with Crippen LogP contribution >= 0.6 is 0 Å². The van der Waals surface area contributed by atoms with Gasteiger partial charge >= 0.3 is 0 Å². The smallest absolute Gasteiger partial charge is 0.165 e. The molecule has 0 spiro atoms. The number of nitrogens with two attached hydrogens (primary N) is 1. The fourth-order valence-corrected chi connectivity index (χ4v) is 3.69. The number of nitrogen functional groups attached to an aromatic ring is 1. The second-order valence-electron chi connectivity index (χ2n) is 7.25. The molecule has 0 saturated carbocycles. The average Bonchev–Trinajstić information content (AvgIpc) is 3.18. The number of pyridine rings is 2. The molecule has 2 aromatic carbocycles. The topological polar surface area (TPSA) is 69.6 Å². The van der Waals surface area contributed by atoms with Crippen LogP contribution in [0.4, 0.5) is 10.2 Å². The molecule has 0 radical (unpaired) electrons. The molecule has 2 N–H and O–H groups in total. The highest BCUT2D eigenvalue weighted by atomic mass is 19.1. The first kappa shape index (κ1) is 18.9. The van der Waals surface area contributed by atoms with Crippen LogP contribution in [0.1, 0.15) is 12.5 Å². The highest BCUT2D eigenvalue weighted by Crippen LogP contribution is 2.32. The molecule has 0 amide bonds. The number of rotatable bonds is 4. The third-order valence-corrected chi connectivity index (χ3v) is 5.34. The first-order valence-electron chi connectivity index (χ1n) is 10.1. The lowest BCUT2D eigenvalue weighted by molar-refractivity contribution is 0.631. The summed E-state index contributed by atoms with van der Waals surface area (Å²) in [5, 5.41) is 0. The van der Waals surface area contributed by atoms with E-state index >= 15 is 0 Å². The number of imidazole rings is 1. The molecule has 0 fully saturated rings. The van der Waals surface area contributed by atoms with E-state index in [-0.39, 0.29) is 5.82 Å². The van der Waals surface area contributed by atoms with Crippen molar-refractivity contribution < 1.29 is 4.39 Å². The van der Waals surface area contributed by atoms with Crippen LogP contribution in [-0.4, -0.2) is 19.5 Å². The maximum absolute atomic E-state index is 14.4. The lowest BCUT2D eigenvalue weighted by Gasteiger charge is -2.11. The molecule has 0 saturated heterocycles. The Labute approximate surface area is 179 Å². The Hall–Kier alpha value is -4.06. The second kappa shape index (κ2) is 7.65. The number of aromatic nitrogens is 4. The first-order valence-corrected chi connectivity index (χ1v) is 10.1. The van der Waals surface area contributed by atoms with Gasteiger partial charge in [0.2, 0.25) is 0 Å². The molecule has 5 aromatic rings. The minimum absolute atomic E-state index is 0.315. The predicted molar refractivity (Wildman–Crippen MR) is 121 cm³/mol. The zero-order valence-electron chi connectivity index (χ0n) is 17.0. The van der Waals surface area contributed by atoms with Crippen LogP contribution in [0.5, 0.6) is 0 Å². The normalized spacial score (nSPS) is 11.2. The number of nitrogens with zero attached hydrogens (tertiary/aromatic N) is 4. The van der Waals surface area contributed by atoms with Crippen LogP contribution in [0.25, 0.3) is 39.5 Å². The molecular formula is C25H20FN5. The molecular weight excluding hydrogens is 389 g/mol. The number of hydrogen-bond acceptors (Lipinski definition) is 4. The van der Waals surface area contributed by atoms with Gasteiger partial charge in [0.05, 0.1) is 11.3 Å². The Kier molecular flexibility index (Phi) is 4.67. The fraction of sp³-hybridized carbons (Fsp3) is 0.0800. The maximum Gasteiger partial charge on any atom is 0.165 e. The van der Waals surface area contributed by atoms with E-state index in [0.717, 1.165) is 12.1 Å². The Bertz CT molecular complexity index is 1390. The van der Waals surface area contributed by atoms with Gasteiger partial charge in [0, 0.05) is 17.4 Å². The SMILES string of the molecule is CCc1ccc(-n2c(-c3cccnc3N)nc3ccc(-c4ccccc4F)nc32)cc1. The highest BCUT2D eigenvalue weighted by Gasteiger charge is 2.19. The lowest BCUT2D eigenvalue weighted by Crippen LogP contribution is -2.02. The fourth-order valence-electron chi connectivity index (χ4n) is 3.69. The van der Waals surface area contributed by atoms with E-state index in [1.54, 1.807) is 30.5 Å². The predicted octanol–water partition coefficient (Wildman–Crippen LogP) is 5.43. The van der Waals surface area contributed by atoms with Crippen LogP contribution in [0.2, 0.25) is 0 Å². The molecule has 3 aromatic heterocycles. The summed E-state index contributed by atoms with van der Waals surface area (Å²) >= 11 is 0. The largest absolute Gasteiger partial charge is 0.383 e. The minimum Gasteiger partial charge on any atom is -0.383 e. The van der Waals surface area contributed by atoms with Gasteiger partial charge in [0.15, 0.2) is 11.5 Å². The molecule has 0 aliphatic rings. The van der Waals surface area contributed by atoms with Gasteiger partial charge in [-0.05, 0) is 60.5 Å². The van der Waals surface area contributed by atoms with Gasteiger partial charge in [0.1, 0.15) is 17.2 Å². The minimum atomic E-state index is -0.315. The van der Waals surface area contributed by atoms with Gasteiger partial charge in [-0.25, -0.2) is 19.3 Å². The van der Waals surface area contributed by atoms with Gasteiger partial charge in [0.25, 0.3) is 0 Å². The summed E-state index contributed by atoms with van der Waals surface area (Å²) in [4.78, 5) is 13.8. The summed E-state index contributed by atoms with van der Waals surface area (Å²) in [6.45, 7) is 2.12. The van der Waals surface area contributed by atoms with E-state index in [0.29, 0.717) is 39.6 Å². The Morgan fingerprint density at radius 3 is 2.39 bits per heavy atom. The number of halogens is 1. The van der Waals surface area contributed by atoms with Crippen molar-refractivity contribution in [3.63, 3.8) is 0 Å². The van der Waals surface area contributed by atoms with Gasteiger partial charge < -0.3 is 5.73 Å². The van der Waals surface area contributed by atoms with E-state index in [9.17, 15) is 4.39 Å². The van der Waals surface area contributed by atoms with Crippen molar-refractivity contribution in [1.82, 2.24) is 19.5 Å². The molecule has 0 aliphatic heterocycles. The van der Waals surface area contributed by atoms with E-state index < -0.39 is 0 Å². The van der Waals surface area contributed by atoms with Crippen LogP contribution in [0, 0.1) is 5.82 Å². The number of aryl methyl sites for hydroxylation is 1. The first-order chi connectivity index (χ1) is 15.2. The molecule has 3 heterocycles. The van der Waals surface area contributed by atoms with E-state index in [1.165, 1.54) is 11.6 Å². The van der Waals surface area contributed by atoms with Crippen LogP contribution in [-0.2, 0) is 6.42 Å². The average molecular weight is 409 g/mol. The Morgan fingerprint density at radius 1 is 0.871 bits per heavy atom. The molecule has 0 unspecified atom stereocenters. The van der Waals surface area contributed by atoms with Crippen molar-refractivity contribution >= 4 is 17.0 Å². The molecule has 0 bridgehead atoms. The maximum atomic E-state index is 14.4. The highest BCUT2D eigenvalue weighted by molar-refractivity contribution is 5.84. The monoisotopic (exact) mass is 409 g/mol. The van der Waals surface area contributed by atoms with Crippen molar-refractivity contribution in [2.24, 2.45) is 0 Å². The molecule has 6 heteroatoms. The summed E-state index contributed by atoms with van der Waals surface area (Å²) in [7, 11) is 0. The van der Waals surface area contributed by atoms with Gasteiger partial charge in [-0.15, -0.1) is 0 Å². The Morgan fingerprint density at radius 2 is 1.65 bits per heavy atom. The molecule has 152 valence electrons. The van der Waals surface area contributed by atoms with Crippen molar-refractivity contribution in [3.8, 4) is 28.3 Å². The third kappa shape index (κ3) is 3.32. The third-order valence-electron chi connectivity index (χ3n) is 5.34. The standard InChI is InChI=1S/C25H20FN5/c1-2-16-9-11-17(12-10-16)31-24(19-7-5-15-28-23(19)27)30-22-14-13-21(29-25(22)31)18-6-3-4-8-20(18)26/h3-15H,2H2,1H3,(H2,27,28). The second-order valence-corrected chi connectivity index (χ2v) is 7.25. The number of hydrogen-bond donors (Lipinski definition) is 1. The van der Waals surface area contributed by atoms with Crippen molar-refractivity contribution in [2.75, 3.05) is 5.73 Å². The van der Waals surface area contributed by atoms with Crippen LogP contribution in [0.15, 0.2) is 79.0 Å². The quantitative estimate of drug-likeness (QED) is 0.429. The van der Waals surface area contributed by atoms with Crippen molar-refractivity contribution in [1.29, 1.82) is 0 Å². The number of benzene rings is 2. The van der Waals surface area contributed by atoms with Crippen molar-refractivity contribution in [2.45, 2.75) is 13.3 Å². The molecule has 5 rings (SSSR count). The Balaban J connectivity index is 1.80. The van der Waals surface area contributed by atoms with Gasteiger partial charge in [-0.2, -0.15) is 0 Å². The summed E-state index contributed by atoms with van der Waals surface area (Å²) in [5.41, 5.74) is 11.3.